The van der Waals surface area contributed by atoms with E-state index in [1.165, 1.54) is 29.2 Å². The lowest BCUT2D eigenvalue weighted by Crippen LogP contribution is -2.52. The van der Waals surface area contributed by atoms with Crippen molar-refractivity contribution in [2.24, 2.45) is 5.73 Å². The summed E-state index contributed by atoms with van der Waals surface area (Å²) in [5.41, 5.74) is 5.71. The van der Waals surface area contributed by atoms with Crippen LogP contribution in [0.5, 0.6) is 0 Å². The van der Waals surface area contributed by atoms with E-state index >= 15 is 0 Å². The van der Waals surface area contributed by atoms with E-state index in [4.69, 9.17) is 10.5 Å². The molecule has 2 N–H and O–H groups in total. The van der Waals surface area contributed by atoms with E-state index in [-0.39, 0.29) is 31.5 Å². The minimum absolute atomic E-state index is 0.0136. The molecule has 148 valence electrons. The Morgan fingerprint density at radius 2 is 1.78 bits per heavy atom. The van der Waals surface area contributed by atoms with Crippen molar-refractivity contribution in [3.63, 3.8) is 0 Å². The van der Waals surface area contributed by atoms with Crippen LogP contribution in [-0.2, 0) is 14.3 Å². The van der Waals surface area contributed by atoms with Crippen LogP contribution in [0.1, 0.15) is 13.3 Å². The smallest absolute Gasteiger partial charge is 0.409 e. The van der Waals surface area contributed by atoms with Crippen LogP contribution in [0.2, 0.25) is 0 Å². The zero-order valence-electron chi connectivity index (χ0n) is 15.4. The first-order valence-electron chi connectivity index (χ1n) is 8.89. The van der Waals surface area contributed by atoms with Gasteiger partial charge in [0.2, 0.25) is 11.8 Å². The molecule has 0 atom stereocenters. The normalized spacial score (nSPS) is 14.7. The highest BCUT2D eigenvalue weighted by atomic mass is 19.1. The largest absolute Gasteiger partial charge is 0.450 e. The number of rotatable bonds is 7. The predicted octanol–water partition coefficient (Wildman–Crippen LogP) is 0.808. The number of halogens is 1. The van der Waals surface area contributed by atoms with Gasteiger partial charge in [-0.2, -0.15) is 0 Å². The third-order valence-corrected chi connectivity index (χ3v) is 4.28. The second kappa shape index (κ2) is 9.86. The van der Waals surface area contributed by atoms with Crippen LogP contribution in [0, 0.1) is 5.82 Å². The monoisotopic (exact) mass is 380 g/mol. The molecule has 1 fully saturated rings. The van der Waals surface area contributed by atoms with Gasteiger partial charge in [-0.1, -0.05) is 0 Å². The summed E-state index contributed by atoms with van der Waals surface area (Å²) in [7, 11) is 0. The number of hydrogen-bond acceptors (Lipinski definition) is 5. The molecule has 0 aromatic heterocycles. The number of carbonyl (C=O) groups is 3. The van der Waals surface area contributed by atoms with Gasteiger partial charge in [0, 0.05) is 44.8 Å². The maximum atomic E-state index is 13.2. The Kier molecular flexibility index (Phi) is 7.54. The Morgan fingerprint density at radius 1 is 1.15 bits per heavy atom. The summed E-state index contributed by atoms with van der Waals surface area (Å²) in [6.45, 7) is 4.37. The molecule has 0 bridgehead atoms. The summed E-state index contributed by atoms with van der Waals surface area (Å²) in [5.74, 6) is -1.14. The molecule has 0 unspecified atom stereocenters. The number of nitrogens with zero attached hydrogens (tertiary/aromatic N) is 3. The van der Waals surface area contributed by atoms with Gasteiger partial charge in [-0.3, -0.25) is 14.5 Å². The minimum atomic E-state index is -0.516. The van der Waals surface area contributed by atoms with E-state index in [9.17, 15) is 18.8 Å². The molecule has 8 nitrogen and oxygen atoms in total. The quantitative estimate of drug-likeness (QED) is 0.755. The fourth-order valence-corrected chi connectivity index (χ4v) is 2.82. The molecule has 3 amide bonds. The molecule has 0 radical (unpaired) electrons. The number of ether oxygens (including phenoxy) is 1. The third-order valence-electron chi connectivity index (χ3n) is 4.28. The van der Waals surface area contributed by atoms with Crippen molar-refractivity contribution < 1.29 is 23.5 Å². The molecule has 9 heteroatoms. The summed E-state index contributed by atoms with van der Waals surface area (Å²) in [6.07, 6.45) is -0.336. The predicted molar refractivity (Wildman–Crippen MR) is 97.6 cm³/mol. The molecule has 1 aromatic carbocycles. The fraction of sp³-hybridized carbons (Fsp3) is 0.500. The average molecular weight is 380 g/mol. The number of primary amides is 1. The van der Waals surface area contributed by atoms with Gasteiger partial charge in [0.1, 0.15) is 5.82 Å². The van der Waals surface area contributed by atoms with E-state index in [2.05, 4.69) is 0 Å². The van der Waals surface area contributed by atoms with E-state index < -0.39 is 11.7 Å². The van der Waals surface area contributed by atoms with Gasteiger partial charge >= 0.3 is 6.09 Å². The molecule has 1 heterocycles. The van der Waals surface area contributed by atoms with Gasteiger partial charge in [-0.15, -0.1) is 0 Å². The summed E-state index contributed by atoms with van der Waals surface area (Å²) in [5, 5.41) is 0. The molecule has 1 aliphatic heterocycles. The summed E-state index contributed by atoms with van der Waals surface area (Å²) in [4.78, 5) is 40.6. The number of nitrogens with two attached hydrogens (primary N) is 1. The van der Waals surface area contributed by atoms with Crippen LogP contribution in [-0.4, -0.2) is 73.6 Å². The number of amides is 3. The van der Waals surface area contributed by atoms with Crippen LogP contribution >= 0.6 is 0 Å². The third kappa shape index (κ3) is 6.21. The highest BCUT2D eigenvalue weighted by molar-refractivity contribution is 5.95. The molecule has 0 aliphatic carbocycles. The van der Waals surface area contributed by atoms with E-state index in [1.807, 2.05) is 4.90 Å². The van der Waals surface area contributed by atoms with Crippen molar-refractivity contribution in [1.29, 1.82) is 0 Å². The lowest BCUT2D eigenvalue weighted by atomic mass is 10.2. The Labute approximate surface area is 157 Å². The number of benzene rings is 1. The number of carbonyl (C=O) groups excluding carboxylic acids is 3. The molecule has 0 saturated carbocycles. The van der Waals surface area contributed by atoms with Gasteiger partial charge in [0.15, 0.2) is 0 Å². The van der Waals surface area contributed by atoms with E-state index in [0.717, 1.165) is 0 Å². The van der Waals surface area contributed by atoms with Crippen molar-refractivity contribution in [2.45, 2.75) is 13.3 Å². The number of piperazine rings is 1. The van der Waals surface area contributed by atoms with Gasteiger partial charge < -0.3 is 20.3 Å². The minimum Gasteiger partial charge on any atom is -0.450 e. The molecular formula is C18H25FN4O4. The van der Waals surface area contributed by atoms with Gasteiger partial charge in [0.05, 0.1) is 13.2 Å². The average Bonchev–Trinajstić information content (AvgIpc) is 2.64. The van der Waals surface area contributed by atoms with E-state index in [1.54, 1.807) is 11.8 Å². The fourth-order valence-electron chi connectivity index (χ4n) is 2.82. The highest BCUT2D eigenvalue weighted by Gasteiger charge is 2.25. The highest BCUT2D eigenvalue weighted by Crippen LogP contribution is 2.16. The Morgan fingerprint density at radius 3 is 2.33 bits per heavy atom. The first-order valence-corrected chi connectivity index (χ1v) is 8.89. The molecule has 1 aromatic rings. The topological polar surface area (TPSA) is 96.2 Å². The zero-order valence-corrected chi connectivity index (χ0v) is 15.4. The van der Waals surface area contributed by atoms with Crippen LogP contribution in [0.15, 0.2) is 24.3 Å². The zero-order chi connectivity index (χ0) is 19.8. The summed E-state index contributed by atoms with van der Waals surface area (Å²) >= 11 is 0. The standard InChI is InChI=1S/C18H25FN4O4/c1-2-27-18(26)22-11-9-21(10-12-22)13-17(25)23(8-7-16(20)24)15-5-3-14(19)4-6-15/h3-6H,2,7-13H2,1H3,(H2,20,24). The van der Waals surface area contributed by atoms with Crippen LogP contribution in [0.4, 0.5) is 14.9 Å². The second-order valence-electron chi connectivity index (χ2n) is 6.20. The maximum absolute atomic E-state index is 13.2. The lowest BCUT2D eigenvalue weighted by Gasteiger charge is -2.34. The summed E-state index contributed by atoms with van der Waals surface area (Å²) in [6, 6.07) is 5.51. The van der Waals surface area contributed by atoms with Crippen LogP contribution in [0.25, 0.3) is 0 Å². The van der Waals surface area contributed by atoms with Gasteiger partial charge in [-0.25, -0.2) is 9.18 Å². The molecule has 0 spiro atoms. The molecule has 1 aliphatic rings. The van der Waals surface area contributed by atoms with Crippen molar-refractivity contribution in [3.8, 4) is 0 Å². The number of anilines is 1. The summed E-state index contributed by atoms with van der Waals surface area (Å²) < 4.78 is 18.1. The molecule has 2 rings (SSSR count). The first kappa shape index (κ1) is 20.6. The Bertz CT molecular complexity index is 660. The van der Waals surface area contributed by atoms with Crippen molar-refractivity contribution in [3.05, 3.63) is 30.1 Å². The SMILES string of the molecule is CCOC(=O)N1CCN(CC(=O)N(CCC(N)=O)c2ccc(F)cc2)CC1. The molecule has 27 heavy (non-hydrogen) atoms. The van der Waals surface area contributed by atoms with Crippen molar-refractivity contribution >= 4 is 23.6 Å². The van der Waals surface area contributed by atoms with Crippen molar-refractivity contribution in [1.82, 2.24) is 9.80 Å². The Hall–Kier alpha value is -2.68. The molecular weight excluding hydrogens is 355 g/mol. The van der Waals surface area contributed by atoms with Crippen molar-refractivity contribution in [2.75, 3.05) is 50.8 Å². The first-order chi connectivity index (χ1) is 12.9. The maximum Gasteiger partial charge on any atom is 0.409 e. The number of hydrogen-bond donors (Lipinski definition) is 1. The Balaban J connectivity index is 1.96. The second-order valence-corrected chi connectivity index (χ2v) is 6.20. The van der Waals surface area contributed by atoms with Gasteiger partial charge in [-0.05, 0) is 31.2 Å². The van der Waals surface area contributed by atoms with Crippen LogP contribution in [0.3, 0.4) is 0 Å². The molecule has 1 saturated heterocycles. The lowest BCUT2D eigenvalue weighted by molar-refractivity contribution is -0.120. The van der Waals surface area contributed by atoms with E-state index in [0.29, 0.717) is 38.5 Å². The van der Waals surface area contributed by atoms with Crippen LogP contribution < -0.4 is 10.6 Å². The van der Waals surface area contributed by atoms with Gasteiger partial charge in [0.25, 0.3) is 0 Å².